The van der Waals surface area contributed by atoms with Crippen molar-refractivity contribution in [3.05, 3.63) is 53.3 Å². The number of hydrogen-bond donors (Lipinski definition) is 0. The molecule has 170 valence electrons. The molecule has 0 bridgehead atoms. The van der Waals surface area contributed by atoms with Crippen molar-refractivity contribution in [1.82, 2.24) is 0 Å². The van der Waals surface area contributed by atoms with E-state index in [2.05, 4.69) is 11.7 Å². The van der Waals surface area contributed by atoms with Crippen LogP contribution in [0.4, 0.5) is 26.3 Å². The Morgan fingerprint density at radius 1 is 0.935 bits per heavy atom. The van der Waals surface area contributed by atoms with E-state index < -0.39 is 41.4 Å². The van der Waals surface area contributed by atoms with Crippen LogP contribution in [0.15, 0.2) is 30.3 Å². The first kappa shape index (κ1) is 23.4. The van der Waals surface area contributed by atoms with Crippen LogP contribution in [0.5, 0.6) is 5.75 Å². The Kier molecular flexibility index (Phi) is 7.48. The zero-order chi connectivity index (χ0) is 22.6. The number of halogens is 6. The van der Waals surface area contributed by atoms with Crippen LogP contribution < -0.4 is 4.74 Å². The molecule has 0 spiro atoms. The molecule has 2 aromatic carbocycles. The molecule has 1 aliphatic rings. The van der Waals surface area contributed by atoms with Crippen molar-refractivity contribution in [1.29, 1.82) is 0 Å². The summed E-state index contributed by atoms with van der Waals surface area (Å²) in [6.45, 7) is 3.25. The van der Waals surface area contributed by atoms with Crippen LogP contribution in [0.3, 0.4) is 0 Å². The van der Waals surface area contributed by atoms with Gasteiger partial charge in [0.1, 0.15) is 11.6 Å². The maximum Gasteiger partial charge on any atom is 0.573 e. The third kappa shape index (κ3) is 6.36. The number of ether oxygens (including phenoxy) is 3. The fourth-order valence-electron chi connectivity index (χ4n) is 3.52. The highest BCUT2D eigenvalue weighted by atomic mass is 19.4. The molecule has 1 fully saturated rings. The van der Waals surface area contributed by atoms with Crippen molar-refractivity contribution in [2.75, 3.05) is 13.2 Å². The summed E-state index contributed by atoms with van der Waals surface area (Å²) in [7, 11) is 0. The summed E-state index contributed by atoms with van der Waals surface area (Å²) in [5, 5.41) is 0. The number of aryl methyl sites for hydroxylation is 1. The van der Waals surface area contributed by atoms with Gasteiger partial charge in [-0.2, -0.15) is 0 Å². The zero-order valence-corrected chi connectivity index (χ0v) is 16.8. The normalized spacial score (nSPS) is 19.5. The van der Waals surface area contributed by atoms with E-state index in [4.69, 9.17) is 9.47 Å². The minimum absolute atomic E-state index is 0.241. The number of rotatable bonds is 7. The van der Waals surface area contributed by atoms with Crippen molar-refractivity contribution in [3.8, 4) is 16.9 Å². The molecular formula is C22H22F6O3. The third-order valence-corrected chi connectivity index (χ3v) is 4.95. The molecule has 3 rings (SSSR count). The number of benzene rings is 2. The van der Waals surface area contributed by atoms with Crippen LogP contribution in [0.25, 0.3) is 11.1 Å². The average molecular weight is 448 g/mol. The summed E-state index contributed by atoms with van der Waals surface area (Å²) in [6.07, 6.45) is -2.78. The van der Waals surface area contributed by atoms with Crippen LogP contribution in [0, 0.1) is 23.4 Å². The first-order valence-corrected chi connectivity index (χ1v) is 9.93. The quantitative estimate of drug-likeness (QED) is 0.460. The van der Waals surface area contributed by atoms with E-state index in [1.807, 2.05) is 0 Å². The molecule has 0 atom stereocenters. The average Bonchev–Trinajstić information content (AvgIpc) is 2.68. The van der Waals surface area contributed by atoms with Gasteiger partial charge in [0.25, 0.3) is 0 Å². The van der Waals surface area contributed by atoms with Gasteiger partial charge in [0, 0.05) is 12.3 Å². The maximum absolute atomic E-state index is 14.6. The third-order valence-electron chi connectivity index (χ3n) is 4.95. The Labute approximate surface area is 175 Å². The van der Waals surface area contributed by atoms with Crippen molar-refractivity contribution < 1.29 is 40.6 Å². The summed E-state index contributed by atoms with van der Waals surface area (Å²) in [4.78, 5) is 0. The van der Waals surface area contributed by atoms with Crippen LogP contribution >= 0.6 is 0 Å². The Morgan fingerprint density at radius 3 is 2.13 bits per heavy atom. The summed E-state index contributed by atoms with van der Waals surface area (Å²) in [5.74, 6) is -4.02. The van der Waals surface area contributed by atoms with Gasteiger partial charge in [-0.05, 0) is 48.2 Å². The van der Waals surface area contributed by atoms with Gasteiger partial charge in [0.2, 0.25) is 0 Å². The van der Waals surface area contributed by atoms with Gasteiger partial charge >= 0.3 is 6.36 Å². The Hall–Kier alpha value is -2.26. The molecule has 0 amide bonds. The summed E-state index contributed by atoms with van der Waals surface area (Å²) >= 11 is 0. The lowest BCUT2D eigenvalue weighted by Crippen LogP contribution is -2.32. The predicted octanol–water partition coefficient (Wildman–Crippen LogP) is 6.39. The van der Waals surface area contributed by atoms with Crippen LogP contribution in [-0.2, 0) is 15.9 Å². The molecule has 1 aliphatic heterocycles. The smallest absolute Gasteiger partial charge is 0.403 e. The highest BCUT2D eigenvalue weighted by Crippen LogP contribution is 2.33. The molecule has 31 heavy (non-hydrogen) atoms. The van der Waals surface area contributed by atoms with Gasteiger partial charge in [-0.25, -0.2) is 13.2 Å². The van der Waals surface area contributed by atoms with Crippen molar-refractivity contribution >= 4 is 0 Å². The lowest BCUT2D eigenvalue weighted by Gasteiger charge is -2.29. The Morgan fingerprint density at radius 2 is 1.58 bits per heavy atom. The predicted molar refractivity (Wildman–Crippen MR) is 101 cm³/mol. The summed E-state index contributed by atoms with van der Waals surface area (Å²) < 4.78 is 94.6. The SMILES string of the molecule is CCCC1COC(CCc2cc(F)c(-c3ccc(OC(F)(F)F)c(F)c3)c(F)c2)OC1. The molecule has 9 heteroatoms. The summed E-state index contributed by atoms with van der Waals surface area (Å²) in [6, 6.07) is 4.45. The molecule has 0 aliphatic carbocycles. The van der Waals surface area contributed by atoms with E-state index in [-0.39, 0.29) is 5.56 Å². The van der Waals surface area contributed by atoms with E-state index in [1.165, 1.54) is 0 Å². The largest absolute Gasteiger partial charge is 0.573 e. The van der Waals surface area contributed by atoms with Crippen LogP contribution in [0.2, 0.25) is 0 Å². The molecule has 2 aromatic rings. The highest BCUT2D eigenvalue weighted by Gasteiger charge is 2.32. The fourth-order valence-corrected chi connectivity index (χ4v) is 3.52. The van der Waals surface area contributed by atoms with Crippen molar-refractivity contribution in [3.63, 3.8) is 0 Å². The minimum Gasteiger partial charge on any atom is -0.403 e. The first-order valence-electron chi connectivity index (χ1n) is 9.93. The standard InChI is InChI=1S/C22H22F6O3/c1-2-3-14-11-29-20(30-12-14)7-4-13-8-17(24)21(18(25)9-13)15-5-6-19(16(23)10-15)31-22(26,27)28/h5-6,8-10,14,20H,2-4,7,11-12H2,1H3. The fraction of sp³-hybridized carbons (Fsp3) is 0.455. The zero-order valence-electron chi connectivity index (χ0n) is 16.8. The molecular weight excluding hydrogens is 426 g/mol. The lowest BCUT2D eigenvalue weighted by molar-refractivity contribution is -0.275. The van der Waals surface area contributed by atoms with E-state index in [0.717, 1.165) is 31.0 Å². The van der Waals surface area contributed by atoms with E-state index >= 15 is 0 Å². The van der Waals surface area contributed by atoms with Gasteiger partial charge in [-0.3, -0.25) is 0 Å². The van der Waals surface area contributed by atoms with E-state index in [0.29, 0.717) is 49.7 Å². The van der Waals surface area contributed by atoms with Crippen molar-refractivity contribution in [2.24, 2.45) is 5.92 Å². The molecule has 0 unspecified atom stereocenters. The number of hydrogen-bond acceptors (Lipinski definition) is 3. The van der Waals surface area contributed by atoms with Gasteiger partial charge in [-0.15, -0.1) is 13.2 Å². The van der Waals surface area contributed by atoms with Gasteiger partial charge < -0.3 is 14.2 Å². The van der Waals surface area contributed by atoms with Crippen LogP contribution in [0.1, 0.15) is 31.7 Å². The van der Waals surface area contributed by atoms with E-state index in [1.54, 1.807) is 0 Å². The first-order chi connectivity index (χ1) is 14.7. The van der Waals surface area contributed by atoms with Gasteiger partial charge in [-0.1, -0.05) is 19.4 Å². The second-order valence-corrected chi connectivity index (χ2v) is 7.42. The molecule has 0 saturated carbocycles. The van der Waals surface area contributed by atoms with Crippen LogP contribution in [-0.4, -0.2) is 25.9 Å². The van der Waals surface area contributed by atoms with Crippen molar-refractivity contribution in [2.45, 2.75) is 45.3 Å². The summed E-state index contributed by atoms with van der Waals surface area (Å²) in [5.41, 5.74) is -0.414. The van der Waals surface area contributed by atoms with E-state index in [9.17, 15) is 26.3 Å². The molecule has 1 heterocycles. The minimum atomic E-state index is -5.08. The topological polar surface area (TPSA) is 27.7 Å². The Balaban J connectivity index is 1.67. The molecule has 0 N–H and O–H groups in total. The lowest BCUT2D eigenvalue weighted by atomic mass is 10.00. The monoisotopic (exact) mass is 448 g/mol. The maximum atomic E-state index is 14.6. The second kappa shape index (κ2) is 9.91. The molecule has 1 saturated heterocycles. The second-order valence-electron chi connectivity index (χ2n) is 7.42. The molecule has 0 radical (unpaired) electrons. The van der Waals surface area contributed by atoms with Gasteiger partial charge in [0.05, 0.1) is 18.8 Å². The molecule has 3 nitrogen and oxygen atoms in total. The molecule has 0 aromatic heterocycles. The van der Waals surface area contributed by atoms with Gasteiger partial charge in [0.15, 0.2) is 17.9 Å². The highest BCUT2D eigenvalue weighted by molar-refractivity contribution is 5.66. The number of alkyl halides is 3. The Bertz CT molecular complexity index is 868.